The van der Waals surface area contributed by atoms with Crippen molar-refractivity contribution in [2.75, 3.05) is 6.54 Å². The number of nitrogens with zero attached hydrogens (tertiary/aromatic N) is 3. The average Bonchev–Trinajstić information content (AvgIpc) is 3.26. The first-order valence-corrected chi connectivity index (χ1v) is 8.66. The molecule has 3 heterocycles. The lowest BCUT2D eigenvalue weighted by molar-refractivity contribution is -0.152. The monoisotopic (exact) mass is 339 g/mol. The summed E-state index contributed by atoms with van der Waals surface area (Å²) in [5.74, 6) is -0.523. The van der Waals surface area contributed by atoms with Crippen LogP contribution in [0.25, 0.3) is 0 Å². The predicted octanol–water partition coefficient (Wildman–Crippen LogP) is 2.05. The molecule has 0 unspecified atom stereocenters. The molecular formula is C19H21N3O3. The maximum Gasteiger partial charge on any atom is 0.339 e. The van der Waals surface area contributed by atoms with Crippen LogP contribution in [0.3, 0.4) is 0 Å². The summed E-state index contributed by atoms with van der Waals surface area (Å²) in [6.07, 6.45) is 5.95. The van der Waals surface area contributed by atoms with Gasteiger partial charge in [-0.1, -0.05) is 18.2 Å². The number of rotatable bonds is 3. The molecule has 1 aromatic heterocycles. The first kappa shape index (κ1) is 15.9. The van der Waals surface area contributed by atoms with Gasteiger partial charge in [0.25, 0.3) is 5.91 Å². The summed E-state index contributed by atoms with van der Waals surface area (Å²) in [5, 5.41) is 4.24. The Morgan fingerprint density at radius 2 is 2.20 bits per heavy atom. The van der Waals surface area contributed by atoms with Gasteiger partial charge in [-0.3, -0.25) is 9.48 Å². The fraction of sp³-hybridized carbons (Fsp3) is 0.421. The van der Waals surface area contributed by atoms with Gasteiger partial charge in [-0.2, -0.15) is 5.10 Å². The number of hydrogen-bond donors (Lipinski definition) is 0. The molecule has 0 saturated carbocycles. The van der Waals surface area contributed by atoms with Crippen LogP contribution in [-0.4, -0.2) is 44.7 Å². The van der Waals surface area contributed by atoms with Crippen molar-refractivity contribution in [2.24, 2.45) is 0 Å². The first-order chi connectivity index (χ1) is 12.1. The lowest BCUT2D eigenvalue weighted by Gasteiger charge is -2.37. The van der Waals surface area contributed by atoms with Gasteiger partial charge in [-0.25, -0.2) is 4.79 Å². The molecule has 0 spiro atoms. The number of amides is 1. The van der Waals surface area contributed by atoms with Gasteiger partial charge in [0.15, 0.2) is 5.60 Å². The topological polar surface area (TPSA) is 64.4 Å². The smallest absolute Gasteiger partial charge is 0.339 e. The van der Waals surface area contributed by atoms with E-state index in [1.165, 1.54) is 0 Å². The standard InChI is InChI=1S/C19H21N3O3/c1-19(12-14-6-2-3-8-16(14)17(23)25-19)18(24)22-11-4-7-15(22)13-21-10-5-9-20-21/h2-3,5-6,8-10,15H,4,7,11-13H2,1H3/t15-,19+/m1/s1. The number of fused-ring (bicyclic) bond motifs is 1. The zero-order valence-corrected chi connectivity index (χ0v) is 14.2. The highest BCUT2D eigenvalue weighted by molar-refractivity contribution is 5.97. The second kappa shape index (κ2) is 6.02. The van der Waals surface area contributed by atoms with Crippen LogP contribution >= 0.6 is 0 Å². The fourth-order valence-corrected chi connectivity index (χ4v) is 3.87. The minimum Gasteiger partial charge on any atom is -0.445 e. The Balaban J connectivity index is 1.56. The minimum absolute atomic E-state index is 0.0834. The van der Waals surface area contributed by atoms with E-state index in [0.717, 1.165) is 18.4 Å². The van der Waals surface area contributed by atoms with Crippen LogP contribution in [0.1, 0.15) is 35.7 Å². The predicted molar refractivity (Wildman–Crippen MR) is 90.9 cm³/mol. The van der Waals surface area contributed by atoms with Crippen molar-refractivity contribution in [2.45, 2.75) is 44.4 Å². The molecule has 2 aliphatic heterocycles. The van der Waals surface area contributed by atoms with Gasteiger partial charge in [0, 0.05) is 25.4 Å². The van der Waals surface area contributed by atoms with E-state index in [1.807, 2.05) is 40.0 Å². The summed E-state index contributed by atoms with van der Waals surface area (Å²) in [5.41, 5.74) is 0.290. The van der Waals surface area contributed by atoms with E-state index < -0.39 is 11.6 Å². The van der Waals surface area contributed by atoms with Crippen LogP contribution in [0.4, 0.5) is 0 Å². The van der Waals surface area contributed by atoms with Crippen molar-refractivity contribution in [1.29, 1.82) is 0 Å². The largest absolute Gasteiger partial charge is 0.445 e. The Labute approximate surface area is 146 Å². The molecule has 4 rings (SSSR count). The molecule has 0 bridgehead atoms. The number of esters is 1. The number of benzene rings is 1. The van der Waals surface area contributed by atoms with Crippen LogP contribution in [0.5, 0.6) is 0 Å². The highest BCUT2D eigenvalue weighted by atomic mass is 16.6. The van der Waals surface area contributed by atoms with E-state index in [9.17, 15) is 9.59 Å². The summed E-state index contributed by atoms with van der Waals surface area (Å²) < 4.78 is 7.45. The Morgan fingerprint density at radius 1 is 1.36 bits per heavy atom. The first-order valence-electron chi connectivity index (χ1n) is 8.66. The molecule has 2 atom stereocenters. The van der Waals surface area contributed by atoms with Crippen molar-refractivity contribution in [3.63, 3.8) is 0 Å². The van der Waals surface area contributed by atoms with Gasteiger partial charge in [0.05, 0.1) is 18.2 Å². The fourth-order valence-electron chi connectivity index (χ4n) is 3.87. The summed E-state index contributed by atoms with van der Waals surface area (Å²) in [6.45, 7) is 3.09. The molecule has 2 aromatic rings. The molecule has 6 nitrogen and oxygen atoms in total. The summed E-state index contributed by atoms with van der Waals surface area (Å²) in [4.78, 5) is 27.5. The zero-order chi connectivity index (χ0) is 17.4. The van der Waals surface area contributed by atoms with E-state index in [1.54, 1.807) is 19.2 Å². The van der Waals surface area contributed by atoms with Crippen molar-refractivity contribution < 1.29 is 14.3 Å². The molecule has 1 aromatic carbocycles. The van der Waals surface area contributed by atoms with E-state index >= 15 is 0 Å². The molecule has 6 heteroatoms. The van der Waals surface area contributed by atoms with Crippen LogP contribution in [0.15, 0.2) is 42.7 Å². The number of ether oxygens (including phenoxy) is 1. The lowest BCUT2D eigenvalue weighted by Crippen LogP contribution is -2.54. The molecule has 2 aliphatic rings. The number of carbonyl (C=O) groups excluding carboxylic acids is 2. The van der Waals surface area contributed by atoms with Crippen LogP contribution in [0, 0.1) is 0 Å². The highest BCUT2D eigenvalue weighted by Crippen LogP contribution is 2.32. The van der Waals surface area contributed by atoms with Crippen LogP contribution in [-0.2, 0) is 22.5 Å². The van der Waals surface area contributed by atoms with Gasteiger partial charge >= 0.3 is 5.97 Å². The van der Waals surface area contributed by atoms with Gasteiger partial charge in [-0.05, 0) is 37.5 Å². The number of cyclic esters (lactones) is 1. The Hall–Kier alpha value is -2.63. The quantitative estimate of drug-likeness (QED) is 0.803. The maximum atomic E-state index is 13.2. The van der Waals surface area contributed by atoms with Gasteiger partial charge in [0.1, 0.15) is 0 Å². The third-order valence-electron chi connectivity index (χ3n) is 5.13. The van der Waals surface area contributed by atoms with Crippen molar-refractivity contribution >= 4 is 11.9 Å². The molecule has 1 fully saturated rings. The molecule has 25 heavy (non-hydrogen) atoms. The minimum atomic E-state index is -1.14. The third kappa shape index (κ3) is 2.81. The average molecular weight is 339 g/mol. The van der Waals surface area contributed by atoms with Crippen molar-refractivity contribution in [3.05, 3.63) is 53.9 Å². The maximum absolute atomic E-state index is 13.2. The molecular weight excluding hydrogens is 318 g/mol. The van der Waals surface area contributed by atoms with Gasteiger partial charge in [0.2, 0.25) is 0 Å². The number of carbonyl (C=O) groups is 2. The number of hydrogen-bond acceptors (Lipinski definition) is 4. The Kier molecular flexibility index (Phi) is 3.82. The number of likely N-dealkylation sites (tertiary alicyclic amines) is 1. The lowest BCUT2D eigenvalue weighted by atomic mass is 9.88. The second-order valence-electron chi connectivity index (χ2n) is 6.98. The van der Waals surface area contributed by atoms with E-state index in [0.29, 0.717) is 25.1 Å². The third-order valence-corrected chi connectivity index (χ3v) is 5.13. The summed E-state index contributed by atoms with van der Waals surface area (Å²) in [6, 6.07) is 9.30. The van der Waals surface area contributed by atoms with E-state index in [4.69, 9.17) is 4.74 Å². The molecule has 0 radical (unpaired) electrons. The SMILES string of the molecule is C[C@@]1(C(=O)N2CCC[C@@H]2Cn2cccn2)Cc2ccccc2C(=O)O1. The molecule has 0 N–H and O–H groups in total. The van der Waals surface area contributed by atoms with Crippen molar-refractivity contribution in [3.8, 4) is 0 Å². The van der Waals surface area contributed by atoms with Gasteiger partial charge in [-0.15, -0.1) is 0 Å². The molecule has 1 saturated heterocycles. The highest BCUT2D eigenvalue weighted by Gasteiger charge is 2.47. The normalized spacial score (nSPS) is 25.6. The van der Waals surface area contributed by atoms with Crippen molar-refractivity contribution in [1.82, 2.24) is 14.7 Å². The van der Waals surface area contributed by atoms with E-state index in [-0.39, 0.29) is 11.9 Å². The molecule has 1 amide bonds. The Bertz CT molecular complexity index is 802. The van der Waals surface area contributed by atoms with Crippen LogP contribution in [0.2, 0.25) is 0 Å². The number of aromatic nitrogens is 2. The Morgan fingerprint density at radius 3 is 3.00 bits per heavy atom. The van der Waals surface area contributed by atoms with Crippen LogP contribution < -0.4 is 0 Å². The zero-order valence-electron chi connectivity index (χ0n) is 14.2. The van der Waals surface area contributed by atoms with Gasteiger partial charge < -0.3 is 9.64 Å². The second-order valence-corrected chi connectivity index (χ2v) is 6.98. The summed E-state index contributed by atoms with van der Waals surface area (Å²) in [7, 11) is 0. The summed E-state index contributed by atoms with van der Waals surface area (Å²) >= 11 is 0. The molecule has 0 aliphatic carbocycles. The van der Waals surface area contributed by atoms with E-state index in [2.05, 4.69) is 5.10 Å². The molecule has 130 valence electrons.